The maximum Gasteiger partial charge on any atom is 0.326 e. The second kappa shape index (κ2) is 11.6. The molecule has 212 valence electrons. The van der Waals surface area contributed by atoms with Crippen molar-refractivity contribution in [3.8, 4) is 5.75 Å². The van der Waals surface area contributed by atoms with Crippen molar-refractivity contribution < 1.29 is 19.4 Å². The van der Waals surface area contributed by atoms with E-state index in [0.29, 0.717) is 6.54 Å². The monoisotopic (exact) mass is 542 g/mol. The fourth-order valence-electron chi connectivity index (χ4n) is 7.11. The zero-order valence-electron chi connectivity index (χ0n) is 24.1. The van der Waals surface area contributed by atoms with Gasteiger partial charge in [0.05, 0.1) is 13.2 Å². The Hall–Kier alpha value is -3.38. The van der Waals surface area contributed by atoms with Crippen LogP contribution in [0.4, 0.5) is 0 Å². The maximum absolute atomic E-state index is 14.3. The van der Waals surface area contributed by atoms with E-state index in [1.807, 2.05) is 42.5 Å². The van der Waals surface area contributed by atoms with Gasteiger partial charge in [0.15, 0.2) is 0 Å². The molecule has 1 heterocycles. The molecular formula is C34H42N2O4. The second-order valence-electron chi connectivity index (χ2n) is 12.5. The molecule has 0 radical (unpaired) electrons. The Morgan fingerprint density at radius 3 is 2.17 bits per heavy atom. The van der Waals surface area contributed by atoms with Crippen molar-refractivity contribution in [3.63, 3.8) is 0 Å². The number of rotatable bonds is 7. The molecule has 1 aliphatic carbocycles. The molecule has 2 N–H and O–H groups in total. The minimum atomic E-state index is -0.933. The predicted octanol–water partition coefficient (Wildman–Crippen LogP) is 6.59. The number of fused-ring (bicyclic) bond motifs is 1. The van der Waals surface area contributed by atoms with Gasteiger partial charge in [-0.15, -0.1) is 0 Å². The molecule has 1 saturated heterocycles. The van der Waals surface area contributed by atoms with Crippen LogP contribution in [0.5, 0.6) is 5.75 Å². The molecule has 0 unspecified atom stereocenters. The van der Waals surface area contributed by atoms with Crippen LogP contribution in [0.3, 0.4) is 0 Å². The van der Waals surface area contributed by atoms with Gasteiger partial charge in [0, 0.05) is 30.0 Å². The lowest BCUT2D eigenvalue weighted by molar-refractivity contribution is -0.154. The zero-order valence-corrected chi connectivity index (χ0v) is 24.1. The third kappa shape index (κ3) is 5.46. The molecule has 6 nitrogen and oxygen atoms in total. The first kappa shape index (κ1) is 28.2. The Kier molecular flexibility index (Phi) is 8.18. The van der Waals surface area contributed by atoms with Crippen molar-refractivity contribution in [1.29, 1.82) is 0 Å². The fourth-order valence-corrected chi connectivity index (χ4v) is 7.11. The number of nitrogens with zero attached hydrogens (tertiary/aromatic N) is 1. The van der Waals surface area contributed by atoms with Crippen LogP contribution in [-0.4, -0.2) is 41.1 Å². The van der Waals surface area contributed by atoms with Gasteiger partial charge in [-0.05, 0) is 46.7 Å². The number of benzene rings is 3. The van der Waals surface area contributed by atoms with Gasteiger partial charge in [-0.25, -0.2) is 4.79 Å². The fraction of sp³-hybridized carbons (Fsp3) is 0.471. The maximum atomic E-state index is 14.3. The number of methoxy groups -OCH3 is 1. The standard InChI is InChI=1S/C34H42N2O4/c1-34(2,3)28-29(35-21-26-19-24-17-11-12-18-25(24)20-27(26)40-4)30(22-13-7-5-8-14-22)36(31(28)33(38)39)32(37)23-15-9-6-10-16-23/h5,7-8,11-14,17-20,23,28-31,35H,6,9-10,15-16,21H2,1-4H3,(H,38,39)/t28-,29-,30-,31-/m0/s1. The lowest BCUT2D eigenvalue weighted by atomic mass is 9.72. The predicted molar refractivity (Wildman–Crippen MR) is 158 cm³/mol. The Labute approximate surface area is 237 Å². The van der Waals surface area contributed by atoms with Gasteiger partial charge < -0.3 is 20.1 Å². The van der Waals surface area contributed by atoms with E-state index in [9.17, 15) is 14.7 Å². The van der Waals surface area contributed by atoms with Crippen LogP contribution in [0.2, 0.25) is 0 Å². The number of carboxylic acid groups (broad SMARTS) is 1. The van der Waals surface area contributed by atoms with E-state index in [1.165, 1.54) is 0 Å². The van der Waals surface area contributed by atoms with Crippen LogP contribution < -0.4 is 10.1 Å². The molecule has 6 heteroatoms. The topological polar surface area (TPSA) is 78.9 Å². The van der Waals surface area contributed by atoms with Crippen LogP contribution in [0, 0.1) is 17.3 Å². The Balaban J connectivity index is 1.59. The number of carboxylic acids is 1. The van der Waals surface area contributed by atoms with E-state index in [1.54, 1.807) is 12.0 Å². The highest BCUT2D eigenvalue weighted by molar-refractivity contribution is 5.87. The number of hydrogen-bond donors (Lipinski definition) is 2. The summed E-state index contributed by atoms with van der Waals surface area (Å²) in [7, 11) is 1.68. The van der Waals surface area contributed by atoms with Crippen LogP contribution >= 0.6 is 0 Å². The summed E-state index contributed by atoms with van der Waals surface area (Å²) in [4.78, 5) is 29.1. The minimum absolute atomic E-state index is 0.0113. The number of aliphatic carboxylic acids is 1. The lowest BCUT2D eigenvalue weighted by Crippen LogP contribution is -2.49. The number of ether oxygens (including phenoxy) is 1. The first-order chi connectivity index (χ1) is 19.2. The highest BCUT2D eigenvalue weighted by atomic mass is 16.5. The van der Waals surface area contributed by atoms with Gasteiger partial charge in [0.1, 0.15) is 11.8 Å². The summed E-state index contributed by atoms with van der Waals surface area (Å²) < 4.78 is 5.77. The van der Waals surface area contributed by atoms with Crippen molar-refractivity contribution >= 4 is 22.6 Å². The Morgan fingerprint density at radius 2 is 1.57 bits per heavy atom. The van der Waals surface area contributed by atoms with E-state index in [-0.39, 0.29) is 29.2 Å². The Bertz CT molecular complexity index is 1340. The van der Waals surface area contributed by atoms with Gasteiger partial charge in [0.25, 0.3) is 0 Å². The van der Waals surface area contributed by atoms with Crippen molar-refractivity contribution in [2.75, 3.05) is 7.11 Å². The number of carbonyl (C=O) groups is 2. The molecule has 2 aliphatic rings. The van der Waals surface area contributed by atoms with Crippen molar-refractivity contribution in [2.24, 2.45) is 17.3 Å². The number of likely N-dealkylation sites (tertiary alicyclic amines) is 1. The molecule has 0 spiro atoms. The molecule has 3 aromatic rings. The van der Waals surface area contributed by atoms with Crippen molar-refractivity contribution in [3.05, 3.63) is 77.9 Å². The SMILES string of the molecule is COc1cc2ccccc2cc1CN[C@H]1[C@H](C(C)(C)C)[C@@H](C(=O)O)N(C(=O)C2CCCCC2)[C@H]1c1ccccc1. The average Bonchev–Trinajstić information content (AvgIpc) is 3.32. The van der Waals surface area contributed by atoms with Crippen molar-refractivity contribution in [2.45, 2.75) is 77.5 Å². The largest absolute Gasteiger partial charge is 0.496 e. The van der Waals surface area contributed by atoms with Crippen LogP contribution in [0.1, 0.15) is 70.0 Å². The summed E-state index contributed by atoms with van der Waals surface area (Å²) in [6.45, 7) is 6.77. The summed E-state index contributed by atoms with van der Waals surface area (Å²) in [6, 6.07) is 20.8. The summed E-state index contributed by atoms with van der Waals surface area (Å²) in [6.07, 6.45) is 4.83. The lowest BCUT2D eigenvalue weighted by Gasteiger charge is -2.36. The van der Waals surface area contributed by atoms with Crippen molar-refractivity contribution in [1.82, 2.24) is 10.2 Å². The molecule has 0 bridgehead atoms. The molecule has 1 amide bonds. The average molecular weight is 543 g/mol. The molecule has 3 aromatic carbocycles. The molecule has 1 saturated carbocycles. The molecule has 4 atom stereocenters. The summed E-state index contributed by atoms with van der Waals surface area (Å²) >= 11 is 0. The second-order valence-corrected chi connectivity index (χ2v) is 12.5. The summed E-state index contributed by atoms with van der Waals surface area (Å²) in [5, 5.41) is 16.7. The first-order valence-electron chi connectivity index (χ1n) is 14.6. The smallest absolute Gasteiger partial charge is 0.326 e. The molecule has 1 aliphatic heterocycles. The normalized spacial score (nSPS) is 23.9. The number of hydrogen-bond acceptors (Lipinski definition) is 4. The number of amides is 1. The van der Waals surface area contributed by atoms with E-state index in [0.717, 1.165) is 59.8 Å². The van der Waals surface area contributed by atoms with E-state index in [2.05, 4.69) is 50.4 Å². The van der Waals surface area contributed by atoms with E-state index >= 15 is 0 Å². The molecule has 0 aromatic heterocycles. The van der Waals surface area contributed by atoms with E-state index < -0.39 is 18.1 Å². The van der Waals surface area contributed by atoms with Crippen LogP contribution in [0.15, 0.2) is 66.7 Å². The Morgan fingerprint density at radius 1 is 0.950 bits per heavy atom. The molecular weight excluding hydrogens is 500 g/mol. The van der Waals surface area contributed by atoms with Crippen LogP contribution in [0.25, 0.3) is 10.8 Å². The number of nitrogens with one attached hydrogen (secondary N) is 1. The van der Waals surface area contributed by atoms with Crippen LogP contribution in [-0.2, 0) is 16.1 Å². The van der Waals surface area contributed by atoms with Gasteiger partial charge in [-0.3, -0.25) is 4.79 Å². The molecule has 5 rings (SSSR count). The third-order valence-electron chi connectivity index (χ3n) is 8.95. The zero-order chi connectivity index (χ0) is 28.4. The first-order valence-corrected chi connectivity index (χ1v) is 14.6. The summed E-state index contributed by atoms with van der Waals surface area (Å²) in [5.41, 5.74) is 1.60. The minimum Gasteiger partial charge on any atom is -0.496 e. The summed E-state index contributed by atoms with van der Waals surface area (Å²) in [5.74, 6) is -0.589. The molecule has 2 fully saturated rings. The molecule has 40 heavy (non-hydrogen) atoms. The van der Waals surface area contributed by atoms with Gasteiger partial charge in [-0.2, -0.15) is 0 Å². The quantitative estimate of drug-likeness (QED) is 0.352. The number of carbonyl (C=O) groups excluding carboxylic acids is 1. The third-order valence-corrected chi connectivity index (χ3v) is 8.95. The van der Waals surface area contributed by atoms with Gasteiger partial charge in [0.2, 0.25) is 5.91 Å². The highest BCUT2D eigenvalue weighted by Crippen LogP contribution is 2.49. The van der Waals surface area contributed by atoms with Gasteiger partial charge >= 0.3 is 5.97 Å². The van der Waals surface area contributed by atoms with Gasteiger partial charge in [-0.1, -0.05) is 94.6 Å². The van der Waals surface area contributed by atoms with E-state index in [4.69, 9.17) is 4.74 Å². The highest BCUT2D eigenvalue weighted by Gasteiger charge is 2.58.